The molecule has 0 unspecified atom stereocenters. The minimum Gasteiger partial charge on any atom is -0.343 e. The lowest BCUT2D eigenvalue weighted by atomic mass is 10.2. The van der Waals surface area contributed by atoms with E-state index >= 15 is 0 Å². The number of benzene rings is 2. The quantitative estimate of drug-likeness (QED) is 0.909. The first kappa shape index (κ1) is 16.0. The molecular weight excluding hydrogens is 307 g/mol. The Kier molecular flexibility index (Phi) is 5.12. The summed E-state index contributed by atoms with van der Waals surface area (Å²) in [5, 5.41) is 4.98. The zero-order valence-corrected chi connectivity index (χ0v) is 12.6. The van der Waals surface area contributed by atoms with Gasteiger partial charge >= 0.3 is 0 Å². The van der Waals surface area contributed by atoms with E-state index < -0.39 is 17.6 Å². The molecular formula is C16H14ClFN2O2. The summed E-state index contributed by atoms with van der Waals surface area (Å²) in [6, 6.07) is 11.2. The number of rotatable bonds is 4. The van der Waals surface area contributed by atoms with Crippen LogP contribution in [0.4, 0.5) is 10.1 Å². The van der Waals surface area contributed by atoms with Gasteiger partial charge in [-0.25, -0.2) is 4.39 Å². The summed E-state index contributed by atoms with van der Waals surface area (Å²) >= 11 is 5.79. The van der Waals surface area contributed by atoms with E-state index in [9.17, 15) is 14.0 Å². The highest BCUT2D eigenvalue weighted by Gasteiger charge is 2.16. The third kappa shape index (κ3) is 4.05. The van der Waals surface area contributed by atoms with Crippen LogP contribution in [-0.4, -0.2) is 18.4 Å². The molecule has 0 aliphatic rings. The molecule has 6 heteroatoms. The van der Waals surface area contributed by atoms with E-state index in [0.29, 0.717) is 5.69 Å². The topological polar surface area (TPSA) is 58.2 Å². The fourth-order valence-electron chi connectivity index (χ4n) is 1.89. The number of nitrogens with one attached hydrogen (secondary N) is 2. The van der Waals surface area contributed by atoms with Crippen molar-refractivity contribution in [3.8, 4) is 0 Å². The number of hydrogen-bond acceptors (Lipinski definition) is 2. The molecule has 0 atom stereocenters. The first-order valence-corrected chi connectivity index (χ1v) is 6.94. The second kappa shape index (κ2) is 7.04. The average Bonchev–Trinajstić information content (AvgIpc) is 2.45. The molecule has 0 aliphatic heterocycles. The van der Waals surface area contributed by atoms with E-state index in [4.69, 9.17) is 11.6 Å². The van der Waals surface area contributed by atoms with E-state index in [1.165, 1.54) is 12.1 Å². The zero-order chi connectivity index (χ0) is 16.1. The molecule has 0 spiro atoms. The van der Waals surface area contributed by atoms with Crippen molar-refractivity contribution in [1.82, 2.24) is 5.32 Å². The highest BCUT2D eigenvalue weighted by Crippen LogP contribution is 2.18. The average molecular weight is 321 g/mol. The van der Waals surface area contributed by atoms with Gasteiger partial charge in [0.25, 0.3) is 5.91 Å². The molecule has 22 heavy (non-hydrogen) atoms. The molecule has 4 nitrogen and oxygen atoms in total. The van der Waals surface area contributed by atoms with Crippen LogP contribution in [0.2, 0.25) is 5.02 Å². The number of halogens is 2. The minimum atomic E-state index is -0.734. The van der Waals surface area contributed by atoms with E-state index in [2.05, 4.69) is 10.6 Å². The maximum atomic E-state index is 13.6. The Morgan fingerprint density at radius 3 is 2.59 bits per heavy atom. The maximum absolute atomic E-state index is 13.6. The lowest BCUT2D eigenvalue weighted by Crippen LogP contribution is -2.33. The first-order chi connectivity index (χ1) is 10.5. The number of hydrogen-bond donors (Lipinski definition) is 2. The van der Waals surface area contributed by atoms with Gasteiger partial charge in [0.2, 0.25) is 5.91 Å². The fraction of sp³-hybridized carbons (Fsp3) is 0.125. The van der Waals surface area contributed by atoms with Gasteiger partial charge in [-0.05, 0) is 36.8 Å². The van der Waals surface area contributed by atoms with Crippen LogP contribution in [-0.2, 0) is 4.79 Å². The van der Waals surface area contributed by atoms with Crippen LogP contribution in [0.15, 0.2) is 42.5 Å². The van der Waals surface area contributed by atoms with Gasteiger partial charge < -0.3 is 10.6 Å². The van der Waals surface area contributed by atoms with Gasteiger partial charge in [-0.3, -0.25) is 9.59 Å². The summed E-state index contributed by atoms with van der Waals surface area (Å²) in [6.45, 7) is 1.62. The summed E-state index contributed by atoms with van der Waals surface area (Å²) in [4.78, 5) is 23.7. The molecule has 114 valence electrons. The predicted octanol–water partition coefficient (Wildman–Crippen LogP) is 3.16. The smallest absolute Gasteiger partial charge is 0.256 e. The molecule has 0 fully saturated rings. The molecule has 2 N–H and O–H groups in total. The van der Waals surface area contributed by atoms with Crippen molar-refractivity contribution >= 4 is 29.1 Å². The van der Waals surface area contributed by atoms with Crippen molar-refractivity contribution in [2.45, 2.75) is 6.92 Å². The van der Waals surface area contributed by atoms with Gasteiger partial charge in [-0.15, -0.1) is 0 Å². The zero-order valence-electron chi connectivity index (χ0n) is 11.8. The van der Waals surface area contributed by atoms with Crippen LogP contribution in [0, 0.1) is 12.7 Å². The summed E-state index contributed by atoms with van der Waals surface area (Å²) in [7, 11) is 0. The second-order valence-corrected chi connectivity index (χ2v) is 5.10. The van der Waals surface area contributed by atoms with Gasteiger partial charge in [0, 0.05) is 5.69 Å². The Morgan fingerprint density at radius 2 is 1.91 bits per heavy atom. The van der Waals surface area contributed by atoms with Crippen LogP contribution in [0.3, 0.4) is 0 Å². The Balaban J connectivity index is 1.95. The summed E-state index contributed by atoms with van der Waals surface area (Å²) in [5.41, 5.74) is 1.36. The van der Waals surface area contributed by atoms with Crippen molar-refractivity contribution in [1.29, 1.82) is 0 Å². The Labute approximate surface area is 132 Å². The summed E-state index contributed by atoms with van der Waals surface area (Å²) in [5.74, 6) is -1.88. The molecule has 0 heterocycles. The van der Waals surface area contributed by atoms with Crippen LogP contribution >= 0.6 is 11.6 Å². The van der Waals surface area contributed by atoms with Gasteiger partial charge in [0.15, 0.2) is 0 Å². The van der Waals surface area contributed by atoms with Crippen LogP contribution in [0.25, 0.3) is 0 Å². The number of aryl methyl sites for hydroxylation is 1. The molecule has 2 amide bonds. The summed E-state index contributed by atoms with van der Waals surface area (Å²) in [6.07, 6.45) is 0. The van der Waals surface area contributed by atoms with E-state index in [1.54, 1.807) is 12.1 Å². The van der Waals surface area contributed by atoms with Crippen molar-refractivity contribution in [2.75, 3.05) is 11.9 Å². The fourth-order valence-corrected chi connectivity index (χ4v) is 2.14. The monoisotopic (exact) mass is 320 g/mol. The molecule has 0 saturated heterocycles. The number of amides is 2. The van der Waals surface area contributed by atoms with E-state index in [1.807, 2.05) is 19.1 Å². The third-order valence-electron chi connectivity index (χ3n) is 2.90. The highest BCUT2D eigenvalue weighted by atomic mass is 35.5. The van der Waals surface area contributed by atoms with Gasteiger partial charge in [0.1, 0.15) is 5.82 Å². The van der Waals surface area contributed by atoms with Crippen molar-refractivity contribution in [3.05, 3.63) is 64.4 Å². The first-order valence-electron chi connectivity index (χ1n) is 6.56. The normalized spacial score (nSPS) is 10.1. The van der Waals surface area contributed by atoms with Crippen molar-refractivity contribution in [2.24, 2.45) is 0 Å². The number of anilines is 1. The minimum absolute atomic E-state index is 0.00316. The lowest BCUT2D eigenvalue weighted by Gasteiger charge is -2.09. The van der Waals surface area contributed by atoms with Gasteiger partial charge in [0.05, 0.1) is 17.1 Å². The molecule has 2 aromatic carbocycles. The van der Waals surface area contributed by atoms with Crippen LogP contribution < -0.4 is 10.6 Å². The predicted molar refractivity (Wildman–Crippen MR) is 83.6 cm³/mol. The highest BCUT2D eigenvalue weighted by molar-refractivity contribution is 6.33. The Morgan fingerprint density at radius 1 is 1.18 bits per heavy atom. The number of carbonyl (C=O) groups is 2. The molecule has 0 saturated carbocycles. The Bertz CT molecular complexity index is 699. The second-order valence-electron chi connectivity index (χ2n) is 4.70. The van der Waals surface area contributed by atoms with Crippen molar-refractivity contribution < 1.29 is 14.0 Å². The van der Waals surface area contributed by atoms with Gasteiger partial charge in [-0.1, -0.05) is 29.8 Å². The molecule has 0 aromatic heterocycles. The van der Waals surface area contributed by atoms with Crippen LogP contribution in [0.5, 0.6) is 0 Å². The maximum Gasteiger partial charge on any atom is 0.256 e. The SMILES string of the molecule is Cc1cccc(NC(=O)CNC(=O)c2c(F)cccc2Cl)c1. The van der Waals surface area contributed by atoms with E-state index in [0.717, 1.165) is 11.6 Å². The number of carbonyl (C=O) groups excluding carboxylic acids is 2. The molecule has 0 aliphatic carbocycles. The lowest BCUT2D eigenvalue weighted by molar-refractivity contribution is -0.115. The summed E-state index contributed by atoms with van der Waals surface area (Å²) < 4.78 is 13.6. The van der Waals surface area contributed by atoms with E-state index in [-0.39, 0.29) is 17.1 Å². The van der Waals surface area contributed by atoms with Gasteiger partial charge in [-0.2, -0.15) is 0 Å². The molecule has 0 radical (unpaired) electrons. The molecule has 0 bridgehead atoms. The molecule has 2 rings (SSSR count). The van der Waals surface area contributed by atoms with Crippen molar-refractivity contribution in [3.63, 3.8) is 0 Å². The largest absolute Gasteiger partial charge is 0.343 e. The third-order valence-corrected chi connectivity index (χ3v) is 3.22. The van der Waals surface area contributed by atoms with Crippen LogP contribution in [0.1, 0.15) is 15.9 Å². The molecule has 2 aromatic rings. The standard InChI is InChI=1S/C16H14ClFN2O2/c1-10-4-2-5-11(8-10)20-14(21)9-19-16(22)15-12(17)6-3-7-13(15)18/h2-8H,9H2,1H3,(H,19,22)(H,20,21). The Hall–Kier alpha value is -2.40.